The number of fused-ring (bicyclic) bond motifs is 1. The minimum absolute atomic E-state index is 0.0135. The fourth-order valence-electron chi connectivity index (χ4n) is 4.84. The van der Waals surface area contributed by atoms with Gasteiger partial charge in [-0.1, -0.05) is 55.8 Å². The van der Waals surface area contributed by atoms with Gasteiger partial charge in [0, 0.05) is 29.6 Å². The number of nitrogens with one attached hydrogen (secondary N) is 1. The van der Waals surface area contributed by atoms with E-state index in [4.69, 9.17) is 11.6 Å². The van der Waals surface area contributed by atoms with Crippen molar-refractivity contribution in [3.8, 4) is 0 Å². The largest absolute Gasteiger partial charge is 0.326 e. The molecule has 0 aliphatic carbocycles. The highest BCUT2D eigenvalue weighted by molar-refractivity contribution is 6.34. The number of likely N-dealkylation sites (tertiary alicyclic amines) is 1. The highest BCUT2D eigenvalue weighted by atomic mass is 35.5. The Morgan fingerprint density at radius 1 is 1.23 bits per heavy atom. The lowest BCUT2D eigenvalue weighted by Crippen LogP contribution is -2.39. The third kappa shape index (κ3) is 4.60. The molecule has 4 nitrogen and oxygen atoms in total. The Balaban J connectivity index is 1.47. The molecule has 2 heterocycles. The number of benzene rings is 2. The second-order valence-corrected chi connectivity index (χ2v) is 9.75. The third-order valence-electron chi connectivity index (χ3n) is 6.35. The predicted molar refractivity (Wildman–Crippen MR) is 121 cm³/mol. The maximum atomic E-state index is 13.1. The number of hydrogen-bond donors (Lipinski definition) is 1. The number of amides is 1. The van der Waals surface area contributed by atoms with E-state index in [9.17, 15) is 9.59 Å². The Hall–Kier alpha value is -2.17. The minimum Gasteiger partial charge on any atom is -0.326 e. The summed E-state index contributed by atoms with van der Waals surface area (Å²) in [7, 11) is 0. The molecule has 2 aromatic rings. The summed E-state index contributed by atoms with van der Waals surface area (Å²) in [5.74, 6) is 0.610. The lowest BCUT2D eigenvalue weighted by molar-refractivity contribution is -0.117. The summed E-state index contributed by atoms with van der Waals surface area (Å²) in [5.41, 5.74) is 3.31. The van der Waals surface area contributed by atoms with Gasteiger partial charge in [0.1, 0.15) is 0 Å². The van der Waals surface area contributed by atoms with E-state index >= 15 is 0 Å². The normalized spacial score (nSPS) is 21.0. The van der Waals surface area contributed by atoms with E-state index in [1.54, 1.807) is 6.07 Å². The second kappa shape index (κ2) is 8.52. The molecule has 2 aromatic carbocycles. The van der Waals surface area contributed by atoms with Gasteiger partial charge in [-0.05, 0) is 55.0 Å². The van der Waals surface area contributed by atoms with Crippen molar-refractivity contribution in [2.45, 2.75) is 44.9 Å². The van der Waals surface area contributed by atoms with Gasteiger partial charge in [-0.3, -0.25) is 14.5 Å². The van der Waals surface area contributed by atoms with Crippen LogP contribution in [0, 0.1) is 5.92 Å². The molecule has 2 aliphatic rings. The van der Waals surface area contributed by atoms with Gasteiger partial charge in [-0.25, -0.2) is 0 Å². The van der Waals surface area contributed by atoms with Crippen molar-refractivity contribution in [1.82, 2.24) is 4.90 Å². The SMILES string of the molecule is CC1(C)CC(=O)Nc2cc(Cl)c(C(=O)CN3CCCC(Cc4ccccc4)C3)cc21. The number of piperidine rings is 1. The van der Waals surface area contributed by atoms with Crippen LogP contribution < -0.4 is 5.32 Å². The Morgan fingerprint density at radius 3 is 2.77 bits per heavy atom. The van der Waals surface area contributed by atoms with Gasteiger partial charge in [-0.15, -0.1) is 0 Å². The van der Waals surface area contributed by atoms with Crippen molar-refractivity contribution in [3.05, 3.63) is 64.2 Å². The molecule has 1 saturated heterocycles. The van der Waals surface area contributed by atoms with Crippen LogP contribution >= 0.6 is 11.6 Å². The Labute approximate surface area is 183 Å². The first-order chi connectivity index (χ1) is 14.3. The molecular formula is C25H29ClN2O2. The summed E-state index contributed by atoms with van der Waals surface area (Å²) in [4.78, 5) is 27.4. The summed E-state index contributed by atoms with van der Waals surface area (Å²) in [6.45, 7) is 6.33. The smallest absolute Gasteiger partial charge is 0.225 e. The average Bonchev–Trinajstić information content (AvgIpc) is 2.67. The highest BCUT2D eigenvalue weighted by Gasteiger charge is 2.33. The molecule has 1 fully saturated rings. The number of nitrogens with zero attached hydrogens (tertiary/aromatic N) is 1. The molecule has 0 aromatic heterocycles. The fourth-order valence-corrected chi connectivity index (χ4v) is 5.11. The Bertz CT molecular complexity index is 955. The molecule has 4 rings (SSSR count). The number of Topliss-reactive ketones (excluding diaryl/α,β-unsaturated/α-hetero) is 1. The van der Waals surface area contributed by atoms with Gasteiger partial charge in [-0.2, -0.15) is 0 Å². The number of halogens is 1. The van der Waals surface area contributed by atoms with Crippen LogP contribution in [0.5, 0.6) is 0 Å². The molecule has 0 radical (unpaired) electrons. The summed E-state index contributed by atoms with van der Waals surface area (Å²) in [6.07, 6.45) is 3.77. The van der Waals surface area contributed by atoms with Crippen LogP contribution in [0.2, 0.25) is 5.02 Å². The fraction of sp³-hybridized carbons (Fsp3) is 0.440. The lowest BCUT2D eigenvalue weighted by Gasteiger charge is -2.34. The molecule has 1 atom stereocenters. The summed E-state index contributed by atoms with van der Waals surface area (Å²) < 4.78 is 0. The first-order valence-electron chi connectivity index (χ1n) is 10.8. The van der Waals surface area contributed by atoms with Crippen molar-refractivity contribution in [2.75, 3.05) is 25.0 Å². The zero-order chi connectivity index (χ0) is 21.3. The quantitative estimate of drug-likeness (QED) is 0.679. The third-order valence-corrected chi connectivity index (χ3v) is 6.66. The molecule has 30 heavy (non-hydrogen) atoms. The number of carbonyl (C=O) groups excluding carboxylic acids is 2. The molecular weight excluding hydrogens is 396 g/mol. The molecule has 158 valence electrons. The van der Waals surface area contributed by atoms with Crippen molar-refractivity contribution in [2.24, 2.45) is 5.92 Å². The van der Waals surface area contributed by atoms with E-state index in [1.807, 2.05) is 26.0 Å². The maximum Gasteiger partial charge on any atom is 0.225 e. The first kappa shape index (κ1) is 21.1. The number of carbonyl (C=O) groups is 2. The zero-order valence-corrected chi connectivity index (χ0v) is 18.5. The van der Waals surface area contributed by atoms with Crippen LogP contribution in [0.4, 0.5) is 5.69 Å². The van der Waals surface area contributed by atoms with Crippen LogP contribution in [-0.4, -0.2) is 36.2 Å². The van der Waals surface area contributed by atoms with Crippen LogP contribution in [-0.2, 0) is 16.6 Å². The van der Waals surface area contributed by atoms with Crippen LogP contribution in [0.25, 0.3) is 0 Å². The van der Waals surface area contributed by atoms with Crippen molar-refractivity contribution < 1.29 is 9.59 Å². The van der Waals surface area contributed by atoms with E-state index in [-0.39, 0.29) is 17.1 Å². The second-order valence-electron chi connectivity index (χ2n) is 9.34. The number of rotatable bonds is 5. The minimum atomic E-state index is -0.316. The van der Waals surface area contributed by atoms with Gasteiger partial charge in [0.2, 0.25) is 5.91 Å². The van der Waals surface area contributed by atoms with Gasteiger partial charge in [0.05, 0.1) is 11.6 Å². The maximum absolute atomic E-state index is 13.1. The molecule has 0 saturated carbocycles. The molecule has 2 aliphatic heterocycles. The number of anilines is 1. The van der Waals surface area contributed by atoms with Crippen LogP contribution in [0.3, 0.4) is 0 Å². The first-order valence-corrected chi connectivity index (χ1v) is 11.1. The molecule has 0 bridgehead atoms. The topological polar surface area (TPSA) is 49.4 Å². The van der Waals surface area contributed by atoms with E-state index < -0.39 is 0 Å². The molecule has 1 N–H and O–H groups in total. The standard InChI is InChI=1S/C25H29ClN2O2/c1-25(2)14-24(30)27-22-13-21(26)19(12-20(22)25)23(29)16-28-10-6-9-18(15-28)11-17-7-4-3-5-8-17/h3-5,7-8,12-13,18H,6,9-11,14-16H2,1-2H3,(H,27,30). The van der Waals surface area contributed by atoms with E-state index in [2.05, 4.69) is 34.5 Å². The summed E-state index contributed by atoms with van der Waals surface area (Å²) in [6, 6.07) is 14.2. The predicted octanol–water partition coefficient (Wildman–Crippen LogP) is 5.10. The molecule has 1 amide bonds. The van der Waals surface area contributed by atoms with Crippen LogP contribution in [0.1, 0.15) is 54.6 Å². The molecule has 5 heteroatoms. The highest BCUT2D eigenvalue weighted by Crippen LogP contribution is 2.40. The van der Waals surface area contributed by atoms with Gasteiger partial charge >= 0.3 is 0 Å². The average molecular weight is 425 g/mol. The molecule has 1 unspecified atom stereocenters. The lowest BCUT2D eigenvalue weighted by atomic mass is 9.77. The summed E-state index contributed by atoms with van der Waals surface area (Å²) >= 11 is 6.46. The number of hydrogen-bond acceptors (Lipinski definition) is 3. The Kier molecular flexibility index (Phi) is 5.99. The van der Waals surface area contributed by atoms with Crippen molar-refractivity contribution >= 4 is 29.0 Å². The zero-order valence-electron chi connectivity index (χ0n) is 17.7. The van der Waals surface area contributed by atoms with Crippen molar-refractivity contribution in [3.63, 3.8) is 0 Å². The van der Waals surface area contributed by atoms with Crippen LogP contribution in [0.15, 0.2) is 42.5 Å². The number of ketones is 1. The van der Waals surface area contributed by atoms with Gasteiger partial charge < -0.3 is 5.32 Å². The van der Waals surface area contributed by atoms with Crippen molar-refractivity contribution in [1.29, 1.82) is 0 Å². The van der Waals surface area contributed by atoms with E-state index in [0.29, 0.717) is 29.5 Å². The van der Waals surface area contributed by atoms with Gasteiger partial charge in [0.15, 0.2) is 5.78 Å². The Morgan fingerprint density at radius 2 is 2.00 bits per heavy atom. The summed E-state index contributed by atoms with van der Waals surface area (Å²) in [5, 5.41) is 3.30. The molecule has 0 spiro atoms. The van der Waals surface area contributed by atoms with E-state index in [1.165, 1.54) is 12.0 Å². The van der Waals surface area contributed by atoms with E-state index in [0.717, 1.165) is 37.2 Å². The monoisotopic (exact) mass is 424 g/mol. The van der Waals surface area contributed by atoms with Gasteiger partial charge in [0.25, 0.3) is 0 Å².